The van der Waals surface area contributed by atoms with Crippen molar-refractivity contribution in [1.82, 2.24) is 9.78 Å². The molecule has 2 rings (SSSR count). The molecular weight excluding hydrogens is 210 g/mol. The zero-order valence-corrected chi connectivity index (χ0v) is 11.3. The van der Waals surface area contributed by atoms with Gasteiger partial charge in [0.05, 0.1) is 12.2 Å². The minimum Gasteiger partial charge on any atom is -0.324 e. The first kappa shape index (κ1) is 12.6. The van der Waals surface area contributed by atoms with Crippen molar-refractivity contribution in [3.05, 3.63) is 18.0 Å². The van der Waals surface area contributed by atoms with Gasteiger partial charge in [0.1, 0.15) is 0 Å². The van der Waals surface area contributed by atoms with Crippen molar-refractivity contribution in [3.63, 3.8) is 0 Å². The Kier molecular flexibility index (Phi) is 3.87. The highest BCUT2D eigenvalue weighted by Crippen LogP contribution is 2.36. The second-order valence-electron chi connectivity index (χ2n) is 5.69. The summed E-state index contributed by atoms with van der Waals surface area (Å²) in [6.07, 6.45) is 8.90. The van der Waals surface area contributed by atoms with Crippen molar-refractivity contribution in [2.45, 2.75) is 58.5 Å². The summed E-state index contributed by atoms with van der Waals surface area (Å²) in [5.74, 6) is 1.67. The highest BCUT2D eigenvalue weighted by Gasteiger charge is 2.26. The molecule has 1 aromatic heterocycles. The van der Waals surface area contributed by atoms with Crippen LogP contribution in [-0.4, -0.2) is 9.78 Å². The van der Waals surface area contributed by atoms with Crippen LogP contribution in [0.4, 0.5) is 0 Å². The minimum atomic E-state index is 0.142. The zero-order valence-electron chi connectivity index (χ0n) is 11.3. The van der Waals surface area contributed by atoms with Crippen LogP contribution in [-0.2, 0) is 0 Å². The third kappa shape index (κ3) is 2.71. The Balaban J connectivity index is 2.05. The van der Waals surface area contributed by atoms with Crippen molar-refractivity contribution in [2.24, 2.45) is 17.6 Å². The summed E-state index contributed by atoms with van der Waals surface area (Å²) in [6.45, 7) is 6.84. The maximum atomic E-state index is 6.03. The molecule has 3 heteroatoms. The summed E-state index contributed by atoms with van der Waals surface area (Å²) < 4.78 is 2.15. The van der Waals surface area contributed by atoms with E-state index in [-0.39, 0.29) is 6.04 Å². The summed E-state index contributed by atoms with van der Waals surface area (Å²) in [6, 6.07) is 0.725. The molecule has 1 aromatic rings. The Hall–Kier alpha value is -0.830. The molecule has 2 N–H and O–H groups in total. The Bertz CT molecular complexity index is 358. The van der Waals surface area contributed by atoms with Crippen molar-refractivity contribution in [1.29, 1.82) is 0 Å². The Morgan fingerprint density at radius 1 is 1.41 bits per heavy atom. The molecule has 0 amide bonds. The van der Waals surface area contributed by atoms with Crippen molar-refractivity contribution < 1.29 is 0 Å². The molecule has 0 saturated heterocycles. The molecular formula is C14H25N3. The van der Waals surface area contributed by atoms with Crippen molar-refractivity contribution in [2.75, 3.05) is 0 Å². The van der Waals surface area contributed by atoms with Crippen LogP contribution in [0.2, 0.25) is 0 Å². The van der Waals surface area contributed by atoms with Crippen LogP contribution < -0.4 is 5.73 Å². The predicted molar refractivity (Wildman–Crippen MR) is 70.7 cm³/mol. The number of nitrogens with zero attached hydrogens (tertiary/aromatic N) is 2. The highest BCUT2D eigenvalue weighted by molar-refractivity contribution is 5.09. The Labute approximate surface area is 104 Å². The van der Waals surface area contributed by atoms with Crippen LogP contribution in [0.25, 0.3) is 0 Å². The number of hydrogen-bond donors (Lipinski definition) is 1. The van der Waals surface area contributed by atoms with Crippen LogP contribution in [0.5, 0.6) is 0 Å². The van der Waals surface area contributed by atoms with Gasteiger partial charge in [0.15, 0.2) is 0 Å². The lowest BCUT2D eigenvalue weighted by molar-refractivity contribution is 0.201. The third-order valence-corrected chi connectivity index (χ3v) is 4.43. The van der Waals surface area contributed by atoms with Gasteiger partial charge in [-0.1, -0.05) is 20.8 Å². The van der Waals surface area contributed by atoms with E-state index in [1.54, 1.807) is 0 Å². The molecule has 1 fully saturated rings. The predicted octanol–water partition coefficient (Wildman–Crippen LogP) is 3.29. The molecule has 1 saturated carbocycles. The molecule has 0 bridgehead atoms. The molecule has 1 aliphatic carbocycles. The van der Waals surface area contributed by atoms with Gasteiger partial charge in [-0.2, -0.15) is 5.10 Å². The smallest absolute Gasteiger partial charge is 0.0537 e. The summed E-state index contributed by atoms with van der Waals surface area (Å²) >= 11 is 0. The quantitative estimate of drug-likeness (QED) is 0.873. The number of rotatable bonds is 3. The summed E-state index contributed by atoms with van der Waals surface area (Å²) in [5.41, 5.74) is 7.21. The lowest BCUT2D eigenvalue weighted by Crippen LogP contribution is -2.23. The number of aromatic nitrogens is 2. The van der Waals surface area contributed by atoms with Gasteiger partial charge in [-0.15, -0.1) is 0 Å². The summed E-state index contributed by atoms with van der Waals surface area (Å²) in [4.78, 5) is 0. The van der Waals surface area contributed by atoms with Crippen molar-refractivity contribution >= 4 is 0 Å². The molecule has 0 aliphatic heterocycles. The second kappa shape index (κ2) is 5.21. The van der Waals surface area contributed by atoms with Gasteiger partial charge in [-0.3, -0.25) is 4.68 Å². The Morgan fingerprint density at radius 3 is 2.82 bits per heavy atom. The highest BCUT2D eigenvalue weighted by atomic mass is 15.3. The monoisotopic (exact) mass is 235 g/mol. The molecule has 4 unspecified atom stereocenters. The fourth-order valence-corrected chi connectivity index (χ4v) is 2.74. The third-order valence-electron chi connectivity index (χ3n) is 4.43. The molecule has 17 heavy (non-hydrogen) atoms. The standard InChI is InChI=1S/C14H25N3/c1-4-14(15)12-8-16-17(9-12)13-6-5-10(2)11(3)7-13/h8-11,13-14H,4-7,15H2,1-3H3. The molecule has 3 nitrogen and oxygen atoms in total. The summed E-state index contributed by atoms with van der Waals surface area (Å²) in [5, 5.41) is 4.51. The Morgan fingerprint density at radius 2 is 2.18 bits per heavy atom. The first-order chi connectivity index (χ1) is 8.11. The van der Waals surface area contributed by atoms with E-state index in [1.807, 2.05) is 6.20 Å². The zero-order chi connectivity index (χ0) is 12.4. The van der Waals surface area contributed by atoms with Gasteiger partial charge in [0.2, 0.25) is 0 Å². The molecule has 0 aromatic carbocycles. The van der Waals surface area contributed by atoms with Crippen molar-refractivity contribution in [3.8, 4) is 0 Å². The average molecular weight is 235 g/mol. The van der Waals surface area contributed by atoms with E-state index in [9.17, 15) is 0 Å². The van der Waals surface area contributed by atoms with Crippen LogP contribution in [0.15, 0.2) is 12.4 Å². The maximum Gasteiger partial charge on any atom is 0.0537 e. The lowest BCUT2D eigenvalue weighted by atomic mass is 9.79. The normalized spacial score (nSPS) is 31.4. The second-order valence-corrected chi connectivity index (χ2v) is 5.69. The fraction of sp³-hybridized carbons (Fsp3) is 0.786. The molecule has 1 aliphatic rings. The summed E-state index contributed by atoms with van der Waals surface area (Å²) in [7, 11) is 0. The van der Waals surface area contributed by atoms with Gasteiger partial charge in [-0.05, 0) is 37.5 Å². The van der Waals surface area contributed by atoms with Crippen LogP contribution in [0, 0.1) is 11.8 Å². The molecule has 4 atom stereocenters. The lowest BCUT2D eigenvalue weighted by Gasteiger charge is -2.32. The van der Waals surface area contributed by atoms with Gasteiger partial charge in [0, 0.05) is 17.8 Å². The van der Waals surface area contributed by atoms with Gasteiger partial charge >= 0.3 is 0 Å². The van der Waals surface area contributed by atoms with Crippen LogP contribution >= 0.6 is 0 Å². The van der Waals surface area contributed by atoms with E-state index >= 15 is 0 Å². The van der Waals surface area contributed by atoms with Gasteiger partial charge in [0.25, 0.3) is 0 Å². The molecule has 1 heterocycles. The maximum absolute atomic E-state index is 6.03. The van der Waals surface area contributed by atoms with E-state index in [2.05, 4.69) is 36.7 Å². The topological polar surface area (TPSA) is 43.8 Å². The van der Waals surface area contributed by atoms with Crippen LogP contribution in [0.1, 0.15) is 64.1 Å². The van der Waals surface area contributed by atoms with Gasteiger partial charge in [-0.25, -0.2) is 0 Å². The molecule has 0 spiro atoms. The SMILES string of the molecule is CCC(N)c1cnn(C2CCC(C)C(C)C2)c1. The average Bonchev–Trinajstić information content (AvgIpc) is 2.81. The van der Waals surface area contributed by atoms with E-state index in [0.29, 0.717) is 6.04 Å². The van der Waals surface area contributed by atoms with E-state index in [4.69, 9.17) is 5.73 Å². The minimum absolute atomic E-state index is 0.142. The van der Waals surface area contributed by atoms with E-state index < -0.39 is 0 Å². The van der Waals surface area contributed by atoms with Crippen LogP contribution in [0.3, 0.4) is 0 Å². The number of hydrogen-bond acceptors (Lipinski definition) is 2. The fourth-order valence-electron chi connectivity index (χ4n) is 2.74. The van der Waals surface area contributed by atoms with E-state index in [1.165, 1.54) is 24.8 Å². The molecule has 96 valence electrons. The molecule has 0 radical (unpaired) electrons. The first-order valence-corrected chi connectivity index (χ1v) is 6.91. The first-order valence-electron chi connectivity index (χ1n) is 6.91. The largest absolute Gasteiger partial charge is 0.324 e. The van der Waals surface area contributed by atoms with E-state index in [0.717, 1.165) is 18.3 Å². The van der Waals surface area contributed by atoms with Gasteiger partial charge < -0.3 is 5.73 Å². The number of nitrogens with two attached hydrogens (primary N) is 1.